The molecule has 1 aliphatic heterocycles. The highest BCUT2D eigenvalue weighted by Crippen LogP contribution is 2.27. The third kappa shape index (κ3) is 3.35. The number of carbonyl (C=O) groups excluding carboxylic acids is 1. The standard InChI is InChI=1S/C16H11FN2O2S/c17-12-7-1-2-8-13(12)18-16-19-15(20)14(22-16)9-3-5-11-6-4-10-21-11/h1-10H,(H,18,19,20)/b5-3+,14-9+. The van der Waals surface area contributed by atoms with E-state index in [0.29, 0.717) is 15.8 Å². The first-order valence-electron chi connectivity index (χ1n) is 6.47. The third-order valence-corrected chi connectivity index (χ3v) is 3.70. The number of halogens is 1. The number of amides is 1. The van der Waals surface area contributed by atoms with Crippen LogP contribution >= 0.6 is 11.8 Å². The van der Waals surface area contributed by atoms with E-state index in [1.165, 1.54) is 6.07 Å². The number of nitrogens with zero attached hydrogens (tertiary/aromatic N) is 1. The number of hydrogen-bond donors (Lipinski definition) is 1. The minimum absolute atomic E-state index is 0.192. The highest BCUT2D eigenvalue weighted by atomic mass is 32.2. The van der Waals surface area contributed by atoms with Crippen molar-refractivity contribution in [3.05, 3.63) is 71.3 Å². The van der Waals surface area contributed by atoms with Crippen LogP contribution in [0.15, 0.2) is 69.1 Å². The van der Waals surface area contributed by atoms with E-state index in [9.17, 15) is 9.18 Å². The van der Waals surface area contributed by atoms with Crippen molar-refractivity contribution in [2.45, 2.75) is 0 Å². The molecule has 22 heavy (non-hydrogen) atoms. The van der Waals surface area contributed by atoms with Gasteiger partial charge < -0.3 is 9.73 Å². The number of para-hydroxylation sites is 1. The predicted octanol–water partition coefficient (Wildman–Crippen LogP) is 3.87. The molecule has 0 saturated carbocycles. The van der Waals surface area contributed by atoms with Crippen molar-refractivity contribution in [3.8, 4) is 0 Å². The van der Waals surface area contributed by atoms with E-state index in [4.69, 9.17) is 4.42 Å². The molecule has 0 unspecified atom stereocenters. The van der Waals surface area contributed by atoms with Gasteiger partial charge in [-0.3, -0.25) is 4.79 Å². The van der Waals surface area contributed by atoms with E-state index in [-0.39, 0.29) is 11.6 Å². The van der Waals surface area contributed by atoms with E-state index < -0.39 is 5.82 Å². The van der Waals surface area contributed by atoms with Crippen LogP contribution in [0.25, 0.3) is 6.08 Å². The second-order valence-electron chi connectivity index (χ2n) is 4.33. The number of allylic oxidation sites excluding steroid dienone is 2. The van der Waals surface area contributed by atoms with Crippen molar-refractivity contribution in [1.82, 2.24) is 5.32 Å². The van der Waals surface area contributed by atoms with Gasteiger partial charge in [0.1, 0.15) is 17.3 Å². The summed E-state index contributed by atoms with van der Waals surface area (Å²) in [7, 11) is 0. The zero-order chi connectivity index (χ0) is 15.4. The van der Waals surface area contributed by atoms with Crippen molar-refractivity contribution in [3.63, 3.8) is 0 Å². The van der Waals surface area contributed by atoms with Crippen LogP contribution in [0.4, 0.5) is 10.1 Å². The second kappa shape index (κ2) is 6.44. The Morgan fingerprint density at radius 1 is 1.23 bits per heavy atom. The van der Waals surface area contributed by atoms with Crippen LogP contribution < -0.4 is 5.32 Å². The van der Waals surface area contributed by atoms with Crippen molar-refractivity contribution in [1.29, 1.82) is 0 Å². The van der Waals surface area contributed by atoms with Crippen LogP contribution in [0.3, 0.4) is 0 Å². The molecule has 1 aromatic carbocycles. The van der Waals surface area contributed by atoms with Crippen LogP contribution in [0, 0.1) is 5.82 Å². The maximum absolute atomic E-state index is 13.5. The van der Waals surface area contributed by atoms with Gasteiger partial charge in [0.15, 0.2) is 5.17 Å². The summed E-state index contributed by atoms with van der Waals surface area (Å²) in [5.41, 5.74) is 0.192. The lowest BCUT2D eigenvalue weighted by Gasteiger charge is -1.97. The number of benzene rings is 1. The largest absolute Gasteiger partial charge is 0.465 e. The monoisotopic (exact) mass is 314 g/mol. The quantitative estimate of drug-likeness (QED) is 0.875. The van der Waals surface area contributed by atoms with Crippen molar-refractivity contribution in [2.75, 3.05) is 0 Å². The topological polar surface area (TPSA) is 54.6 Å². The fraction of sp³-hybridized carbons (Fsp3) is 0. The van der Waals surface area contributed by atoms with Crippen molar-refractivity contribution < 1.29 is 13.6 Å². The van der Waals surface area contributed by atoms with Crippen molar-refractivity contribution >= 4 is 34.6 Å². The number of amidine groups is 1. The maximum atomic E-state index is 13.5. The number of aliphatic imine (C=N–C) groups is 1. The summed E-state index contributed by atoms with van der Waals surface area (Å²) >= 11 is 1.16. The van der Waals surface area contributed by atoms with Gasteiger partial charge in [-0.2, -0.15) is 0 Å². The Morgan fingerprint density at radius 3 is 2.86 bits per heavy atom. The summed E-state index contributed by atoms with van der Waals surface area (Å²) in [6.45, 7) is 0. The van der Waals surface area contributed by atoms with Gasteiger partial charge in [0.2, 0.25) is 0 Å². The van der Waals surface area contributed by atoms with Gasteiger partial charge >= 0.3 is 0 Å². The first kappa shape index (κ1) is 14.3. The molecule has 6 heteroatoms. The molecule has 110 valence electrons. The lowest BCUT2D eigenvalue weighted by Crippen LogP contribution is -2.19. The van der Waals surface area contributed by atoms with Gasteiger partial charge in [0, 0.05) is 0 Å². The molecule has 1 N–H and O–H groups in total. The van der Waals surface area contributed by atoms with Crippen LogP contribution in [-0.2, 0) is 4.79 Å². The summed E-state index contributed by atoms with van der Waals surface area (Å²) in [6, 6.07) is 9.74. The van der Waals surface area contributed by atoms with Crippen LogP contribution in [-0.4, -0.2) is 11.1 Å². The van der Waals surface area contributed by atoms with Gasteiger partial charge in [0.25, 0.3) is 5.91 Å². The first-order valence-corrected chi connectivity index (χ1v) is 7.28. The number of furan rings is 1. The molecular weight excluding hydrogens is 303 g/mol. The number of carbonyl (C=O) groups is 1. The molecular formula is C16H11FN2O2S. The Balaban J connectivity index is 1.74. The smallest absolute Gasteiger partial charge is 0.264 e. The average molecular weight is 314 g/mol. The molecule has 1 amide bonds. The molecule has 1 aromatic heterocycles. The first-order chi connectivity index (χ1) is 10.7. The molecule has 0 radical (unpaired) electrons. The Kier molecular flexibility index (Phi) is 4.20. The minimum Gasteiger partial charge on any atom is -0.465 e. The van der Waals surface area contributed by atoms with Crippen molar-refractivity contribution in [2.24, 2.45) is 4.99 Å². The molecule has 0 atom stereocenters. The molecule has 2 aromatic rings. The number of thioether (sulfide) groups is 1. The van der Waals surface area contributed by atoms with E-state index >= 15 is 0 Å². The van der Waals surface area contributed by atoms with Gasteiger partial charge in [0.05, 0.1) is 11.2 Å². The normalized spacial score (nSPS) is 18.5. The molecule has 2 heterocycles. The minimum atomic E-state index is -0.431. The van der Waals surface area contributed by atoms with E-state index in [1.54, 1.807) is 48.8 Å². The highest BCUT2D eigenvalue weighted by Gasteiger charge is 2.23. The van der Waals surface area contributed by atoms with E-state index in [0.717, 1.165) is 11.8 Å². The molecule has 1 aliphatic rings. The van der Waals surface area contributed by atoms with Gasteiger partial charge in [-0.1, -0.05) is 18.2 Å². The predicted molar refractivity (Wildman–Crippen MR) is 85.1 cm³/mol. The number of nitrogens with one attached hydrogen (secondary N) is 1. The lowest BCUT2D eigenvalue weighted by molar-refractivity contribution is -0.115. The molecule has 1 saturated heterocycles. The number of hydrogen-bond acceptors (Lipinski definition) is 4. The Hall–Kier alpha value is -2.60. The molecule has 0 aliphatic carbocycles. The van der Waals surface area contributed by atoms with Gasteiger partial charge in [-0.05, 0) is 48.2 Å². The summed E-state index contributed by atoms with van der Waals surface area (Å²) in [4.78, 5) is 16.4. The fourth-order valence-electron chi connectivity index (χ4n) is 1.76. The molecule has 0 bridgehead atoms. The number of rotatable bonds is 3. The van der Waals surface area contributed by atoms with Gasteiger partial charge in [-0.15, -0.1) is 0 Å². The molecule has 3 rings (SSSR count). The summed E-state index contributed by atoms with van der Waals surface area (Å²) in [6.07, 6.45) is 6.69. The third-order valence-electron chi connectivity index (χ3n) is 2.78. The summed E-state index contributed by atoms with van der Waals surface area (Å²) in [5, 5.41) is 2.96. The molecule has 1 fully saturated rings. The zero-order valence-electron chi connectivity index (χ0n) is 11.3. The fourth-order valence-corrected chi connectivity index (χ4v) is 2.55. The van der Waals surface area contributed by atoms with E-state index in [2.05, 4.69) is 10.3 Å². The lowest BCUT2D eigenvalue weighted by atomic mass is 10.3. The Bertz CT molecular complexity index is 779. The van der Waals surface area contributed by atoms with Gasteiger partial charge in [-0.25, -0.2) is 9.38 Å². The van der Waals surface area contributed by atoms with Crippen LogP contribution in [0.2, 0.25) is 0 Å². The summed E-state index contributed by atoms with van der Waals surface area (Å²) < 4.78 is 18.7. The van der Waals surface area contributed by atoms with Crippen LogP contribution in [0.1, 0.15) is 5.76 Å². The second-order valence-corrected chi connectivity index (χ2v) is 5.36. The average Bonchev–Trinajstić information content (AvgIpc) is 3.12. The zero-order valence-corrected chi connectivity index (χ0v) is 12.1. The SMILES string of the molecule is O=C1NC(=Nc2ccccc2F)S/C1=C/C=C/c1ccco1. The van der Waals surface area contributed by atoms with Crippen LogP contribution in [0.5, 0.6) is 0 Å². The Labute approximate surface area is 130 Å². The highest BCUT2D eigenvalue weighted by molar-refractivity contribution is 8.18. The Morgan fingerprint density at radius 2 is 2.09 bits per heavy atom. The maximum Gasteiger partial charge on any atom is 0.264 e. The summed E-state index contributed by atoms with van der Waals surface area (Å²) in [5.74, 6) is 0.00433. The van der Waals surface area contributed by atoms with E-state index in [1.807, 2.05) is 6.07 Å². The molecule has 0 spiro atoms. The molecule has 4 nitrogen and oxygen atoms in total.